The molecule has 0 spiro atoms. The van der Waals surface area contributed by atoms with Gasteiger partial charge in [0.25, 0.3) is 5.95 Å². The normalized spacial score (nSPS) is 14.9. The topological polar surface area (TPSA) is 75.9 Å². The van der Waals surface area contributed by atoms with Gasteiger partial charge in [0.05, 0.1) is 5.70 Å². The highest BCUT2D eigenvalue weighted by atomic mass is 16.2. The van der Waals surface area contributed by atoms with Crippen LogP contribution in [-0.4, -0.2) is 32.7 Å². The Bertz CT molecular complexity index is 1330. The lowest BCUT2D eigenvalue weighted by Crippen LogP contribution is -2.40. The number of amides is 1. The van der Waals surface area contributed by atoms with Crippen molar-refractivity contribution in [3.8, 4) is 0 Å². The van der Waals surface area contributed by atoms with Crippen LogP contribution in [0.4, 0.5) is 5.95 Å². The predicted molar refractivity (Wildman–Crippen MR) is 132 cm³/mol. The molecule has 0 radical (unpaired) electrons. The summed E-state index contributed by atoms with van der Waals surface area (Å²) in [6.45, 7) is 4.68. The molecule has 5 rings (SSSR count). The van der Waals surface area contributed by atoms with Gasteiger partial charge in [-0.2, -0.15) is 4.68 Å². The third kappa shape index (κ3) is 4.32. The molecule has 7 heteroatoms. The van der Waals surface area contributed by atoms with E-state index in [1.807, 2.05) is 54.3 Å². The van der Waals surface area contributed by atoms with E-state index in [0.717, 1.165) is 28.0 Å². The number of aromatic nitrogens is 4. The van der Waals surface area contributed by atoms with Gasteiger partial charge in [0.2, 0.25) is 5.91 Å². The number of tetrazole rings is 1. The standard InChI is InChI=1S/C27H26N6O/c1-19-12-14-22(15-13-19)24-16-25(21-9-4-3-5-10-21)33-27(29-30-31-33)32(24)18-26(34)28-17-23-11-7-6-8-20(23)2/h3-16,25H,17-18H2,1-2H3,(H,28,34). The highest BCUT2D eigenvalue weighted by Gasteiger charge is 2.31. The van der Waals surface area contributed by atoms with Crippen LogP contribution in [0.15, 0.2) is 84.9 Å². The third-order valence-electron chi connectivity index (χ3n) is 6.11. The van der Waals surface area contributed by atoms with E-state index in [9.17, 15) is 4.79 Å². The first-order valence-electron chi connectivity index (χ1n) is 11.3. The van der Waals surface area contributed by atoms with Gasteiger partial charge in [-0.1, -0.05) is 89.5 Å². The molecule has 0 bridgehead atoms. The quantitative estimate of drug-likeness (QED) is 0.480. The number of hydrogen-bond acceptors (Lipinski definition) is 5. The number of aryl methyl sites for hydroxylation is 2. The van der Waals surface area contributed by atoms with Crippen LogP contribution in [0, 0.1) is 13.8 Å². The van der Waals surface area contributed by atoms with Gasteiger partial charge in [-0.25, -0.2) is 0 Å². The maximum Gasteiger partial charge on any atom is 0.251 e. The van der Waals surface area contributed by atoms with E-state index in [0.29, 0.717) is 12.5 Å². The summed E-state index contributed by atoms with van der Waals surface area (Å²) in [6, 6.07) is 26.3. The van der Waals surface area contributed by atoms with E-state index in [1.165, 1.54) is 5.56 Å². The molecule has 0 aliphatic carbocycles. The lowest BCUT2D eigenvalue weighted by Gasteiger charge is -2.32. The minimum atomic E-state index is -0.172. The summed E-state index contributed by atoms with van der Waals surface area (Å²) in [7, 11) is 0. The van der Waals surface area contributed by atoms with Gasteiger partial charge in [0.1, 0.15) is 12.6 Å². The number of carbonyl (C=O) groups is 1. The lowest BCUT2D eigenvalue weighted by molar-refractivity contribution is -0.119. The van der Waals surface area contributed by atoms with Crippen molar-refractivity contribution >= 4 is 17.6 Å². The summed E-state index contributed by atoms with van der Waals surface area (Å²) >= 11 is 0. The Balaban J connectivity index is 1.47. The molecule has 1 aliphatic rings. The van der Waals surface area contributed by atoms with E-state index < -0.39 is 0 Å². The Labute approximate surface area is 198 Å². The van der Waals surface area contributed by atoms with Crippen molar-refractivity contribution in [1.82, 2.24) is 25.5 Å². The highest BCUT2D eigenvalue weighted by Crippen LogP contribution is 2.36. The Morgan fingerprint density at radius 2 is 1.68 bits per heavy atom. The van der Waals surface area contributed by atoms with E-state index >= 15 is 0 Å². The maximum atomic E-state index is 13.1. The number of carbonyl (C=O) groups excluding carboxylic acids is 1. The summed E-state index contributed by atoms with van der Waals surface area (Å²) in [4.78, 5) is 14.9. The van der Waals surface area contributed by atoms with E-state index in [1.54, 1.807) is 4.68 Å². The fraction of sp³-hybridized carbons (Fsp3) is 0.185. The van der Waals surface area contributed by atoms with Crippen molar-refractivity contribution < 1.29 is 4.79 Å². The summed E-state index contributed by atoms with van der Waals surface area (Å²) in [5.74, 6) is 0.437. The van der Waals surface area contributed by atoms with Crippen molar-refractivity contribution in [3.63, 3.8) is 0 Å². The van der Waals surface area contributed by atoms with Crippen LogP contribution in [0.25, 0.3) is 5.70 Å². The monoisotopic (exact) mass is 450 g/mol. The number of benzene rings is 3. The summed E-state index contributed by atoms with van der Waals surface area (Å²) < 4.78 is 1.77. The molecule has 1 atom stereocenters. The molecule has 1 aromatic heterocycles. The molecule has 2 heterocycles. The summed E-state index contributed by atoms with van der Waals surface area (Å²) in [5.41, 5.74) is 6.40. The average molecular weight is 451 g/mol. The first-order valence-corrected chi connectivity index (χ1v) is 11.3. The molecule has 3 aromatic carbocycles. The van der Waals surface area contributed by atoms with Crippen LogP contribution in [-0.2, 0) is 11.3 Å². The second-order valence-electron chi connectivity index (χ2n) is 8.49. The van der Waals surface area contributed by atoms with Crippen molar-refractivity contribution in [2.24, 2.45) is 0 Å². The SMILES string of the molecule is Cc1ccc(C2=CC(c3ccccc3)n3nnnc3N2CC(=O)NCc2ccccc2C)cc1. The number of nitrogens with zero attached hydrogens (tertiary/aromatic N) is 5. The minimum Gasteiger partial charge on any atom is -0.350 e. The fourth-order valence-corrected chi connectivity index (χ4v) is 4.19. The molecule has 1 unspecified atom stereocenters. The number of fused-ring (bicyclic) bond motifs is 1. The Kier molecular flexibility index (Phi) is 5.91. The number of nitrogens with one attached hydrogen (secondary N) is 1. The van der Waals surface area contributed by atoms with E-state index in [4.69, 9.17) is 0 Å². The molecule has 0 saturated carbocycles. The Morgan fingerprint density at radius 3 is 2.44 bits per heavy atom. The van der Waals surface area contributed by atoms with Crippen LogP contribution >= 0.6 is 0 Å². The van der Waals surface area contributed by atoms with E-state index in [-0.39, 0.29) is 18.5 Å². The van der Waals surface area contributed by atoms with Crippen LogP contribution in [0.1, 0.15) is 33.9 Å². The minimum absolute atomic E-state index is 0.103. The zero-order valence-electron chi connectivity index (χ0n) is 19.2. The van der Waals surface area contributed by atoms with Crippen LogP contribution < -0.4 is 10.2 Å². The number of anilines is 1. The summed E-state index contributed by atoms with van der Waals surface area (Å²) in [5, 5.41) is 15.5. The first kappa shape index (κ1) is 21.6. The molecule has 4 aromatic rings. The molecule has 34 heavy (non-hydrogen) atoms. The predicted octanol–water partition coefficient (Wildman–Crippen LogP) is 4.06. The van der Waals surface area contributed by atoms with Gasteiger partial charge in [-0.3, -0.25) is 9.69 Å². The van der Waals surface area contributed by atoms with Crippen LogP contribution in [0.5, 0.6) is 0 Å². The lowest BCUT2D eigenvalue weighted by atomic mass is 10.00. The molecule has 0 saturated heterocycles. The van der Waals surface area contributed by atoms with Gasteiger partial charge in [-0.05, 0) is 52.6 Å². The van der Waals surface area contributed by atoms with Crippen molar-refractivity contribution in [1.29, 1.82) is 0 Å². The van der Waals surface area contributed by atoms with Crippen molar-refractivity contribution in [3.05, 3.63) is 113 Å². The smallest absolute Gasteiger partial charge is 0.251 e. The van der Waals surface area contributed by atoms with Crippen LogP contribution in [0.3, 0.4) is 0 Å². The molecule has 1 aliphatic heterocycles. The second kappa shape index (κ2) is 9.31. The highest BCUT2D eigenvalue weighted by molar-refractivity contribution is 5.89. The fourth-order valence-electron chi connectivity index (χ4n) is 4.19. The summed E-state index contributed by atoms with van der Waals surface area (Å²) in [6.07, 6.45) is 2.12. The molecule has 1 N–H and O–H groups in total. The van der Waals surface area contributed by atoms with E-state index in [2.05, 4.69) is 70.2 Å². The zero-order valence-corrected chi connectivity index (χ0v) is 19.2. The zero-order chi connectivity index (χ0) is 23.5. The molecule has 7 nitrogen and oxygen atoms in total. The number of hydrogen-bond donors (Lipinski definition) is 1. The number of allylic oxidation sites excluding steroid dienone is 1. The second-order valence-corrected chi connectivity index (χ2v) is 8.49. The maximum absolute atomic E-state index is 13.1. The Hall–Kier alpha value is -4.26. The molecule has 1 amide bonds. The molecule has 170 valence electrons. The third-order valence-corrected chi connectivity index (χ3v) is 6.11. The Morgan fingerprint density at radius 1 is 0.941 bits per heavy atom. The van der Waals surface area contributed by atoms with Gasteiger partial charge >= 0.3 is 0 Å². The average Bonchev–Trinajstić information content (AvgIpc) is 3.35. The van der Waals surface area contributed by atoms with Crippen molar-refractivity contribution in [2.45, 2.75) is 26.4 Å². The molecule has 0 fully saturated rings. The van der Waals surface area contributed by atoms with Gasteiger partial charge in [0.15, 0.2) is 0 Å². The first-order chi connectivity index (χ1) is 16.6. The molecular formula is C27H26N6O. The van der Waals surface area contributed by atoms with Gasteiger partial charge in [0, 0.05) is 6.54 Å². The van der Waals surface area contributed by atoms with Gasteiger partial charge < -0.3 is 5.32 Å². The van der Waals surface area contributed by atoms with Crippen LogP contribution in [0.2, 0.25) is 0 Å². The van der Waals surface area contributed by atoms with Crippen molar-refractivity contribution in [2.75, 3.05) is 11.4 Å². The molecular weight excluding hydrogens is 424 g/mol. The van der Waals surface area contributed by atoms with Gasteiger partial charge in [-0.15, -0.1) is 0 Å². The number of rotatable bonds is 6. The largest absolute Gasteiger partial charge is 0.350 e.